The van der Waals surface area contributed by atoms with E-state index < -0.39 is 0 Å². The first-order chi connectivity index (χ1) is 11.6. The molecule has 0 unspecified atom stereocenters. The Balaban J connectivity index is 0.00000312. The molecule has 138 valence electrons. The fourth-order valence-corrected chi connectivity index (χ4v) is 2.14. The number of hydrogen-bond donors (Lipinski definition) is 2. The number of ether oxygens (including phenoxy) is 1. The summed E-state index contributed by atoms with van der Waals surface area (Å²) in [5, 5.41) is 7.05. The van der Waals surface area contributed by atoms with Crippen LogP contribution in [0.3, 0.4) is 0 Å². The summed E-state index contributed by atoms with van der Waals surface area (Å²) in [6.45, 7) is 5.18. The van der Waals surface area contributed by atoms with Crippen LogP contribution in [0.2, 0.25) is 0 Å². The van der Waals surface area contributed by atoms with Crippen LogP contribution in [-0.2, 0) is 17.8 Å². The molecule has 2 rings (SSSR count). The van der Waals surface area contributed by atoms with Crippen molar-refractivity contribution >= 4 is 35.6 Å². The van der Waals surface area contributed by atoms with Gasteiger partial charge < -0.3 is 20.3 Å². The van der Waals surface area contributed by atoms with Gasteiger partial charge >= 0.3 is 0 Å². The minimum Gasteiger partial charge on any atom is -0.380 e. The van der Waals surface area contributed by atoms with Gasteiger partial charge in [-0.25, -0.2) is 0 Å². The molecule has 0 aliphatic rings. The van der Waals surface area contributed by atoms with Crippen LogP contribution in [0.4, 0.5) is 5.69 Å². The molecule has 2 aromatic rings. The molecule has 0 aliphatic carbocycles. The summed E-state index contributed by atoms with van der Waals surface area (Å²) in [7, 11) is 1.66. The number of rotatable bonds is 8. The van der Waals surface area contributed by atoms with E-state index in [1.807, 2.05) is 38.1 Å². The molecule has 0 atom stereocenters. The molecule has 7 nitrogen and oxygen atoms in total. The monoisotopic (exact) mass is 459 g/mol. The van der Waals surface area contributed by atoms with Crippen LogP contribution in [0.15, 0.2) is 33.8 Å². The van der Waals surface area contributed by atoms with Crippen LogP contribution in [-0.4, -0.2) is 29.8 Å². The van der Waals surface area contributed by atoms with Crippen LogP contribution in [0, 0.1) is 0 Å². The number of guanidine groups is 1. The highest BCUT2D eigenvalue weighted by Crippen LogP contribution is 2.15. The minimum atomic E-state index is 0. The van der Waals surface area contributed by atoms with E-state index in [-0.39, 0.29) is 29.9 Å². The Labute approximate surface area is 165 Å². The molecule has 1 aromatic carbocycles. The van der Waals surface area contributed by atoms with Crippen molar-refractivity contribution in [2.75, 3.05) is 19.0 Å². The number of aromatic nitrogens is 2. The summed E-state index contributed by atoms with van der Waals surface area (Å²) in [4.78, 5) is 8.67. The van der Waals surface area contributed by atoms with E-state index in [9.17, 15) is 0 Å². The maximum absolute atomic E-state index is 5.94. The summed E-state index contributed by atoms with van der Waals surface area (Å²) >= 11 is 0. The van der Waals surface area contributed by atoms with Crippen molar-refractivity contribution in [3.63, 3.8) is 0 Å². The molecule has 3 N–H and O–H groups in total. The fourth-order valence-electron chi connectivity index (χ4n) is 2.14. The summed E-state index contributed by atoms with van der Waals surface area (Å²) in [6, 6.07) is 7.84. The van der Waals surface area contributed by atoms with Gasteiger partial charge in [0.1, 0.15) is 0 Å². The van der Waals surface area contributed by atoms with Gasteiger partial charge in [0.2, 0.25) is 5.89 Å². The number of aryl methyl sites for hydroxylation is 1. The number of para-hydroxylation sites is 1. The van der Waals surface area contributed by atoms with Gasteiger partial charge in [-0.15, -0.1) is 24.0 Å². The molecule has 0 saturated carbocycles. The van der Waals surface area contributed by atoms with Gasteiger partial charge in [-0.05, 0) is 12.5 Å². The normalized spacial score (nSPS) is 11.4. The van der Waals surface area contributed by atoms with Gasteiger partial charge in [0.05, 0.1) is 6.61 Å². The smallest absolute Gasteiger partial charge is 0.226 e. The number of nitrogens with one attached hydrogen (secondary N) is 1. The lowest BCUT2D eigenvalue weighted by atomic mass is 10.2. The van der Waals surface area contributed by atoms with Crippen LogP contribution >= 0.6 is 24.0 Å². The molecule has 8 heteroatoms. The Bertz CT molecular complexity index is 673. The van der Waals surface area contributed by atoms with Crippen molar-refractivity contribution in [3.8, 4) is 0 Å². The molecule has 0 spiro atoms. The van der Waals surface area contributed by atoms with E-state index in [2.05, 4.69) is 20.4 Å². The molecule has 1 aromatic heterocycles. The molecule has 0 bridgehead atoms. The molecule has 0 aliphatic heterocycles. The number of methoxy groups -OCH3 is 1. The van der Waals surface area contributed by atoms with Gasteiger partial charge in [0.15, 0.2) is 11.8 Å². The van der Waals surface area contributed by atoms with Crippen LogP contribution in [0.5, 0.6) is 0 Å². The second kappa shape index (κ2) is 11.0. The van der Waals surface area contributed by atoms with Crippen molar-refractivity contribution in [1.82, 2.24) is 10.1 Å². The quantitative estimate of drug-likeness (QED) is 0.272. The number of nitrogens with zero attached hydrogens (tertiary/aromatic N) is 3. The summed E-state index contributed by atoms with van der Waals surface area (Å²) in [5.41, 5.74) is 7.88. The average molecular weight is 459 g/mol. The Morgan fingerprint density at radius 1 is 1.36 bits per heavy atom. The molecule has 0 amide bonds. The van der Waals surface area contributed by atoms with Gasteiger partial charge in [-0.3, -0.25) is 4.99 Å². The first-order valence-electron chi connectivity index (χ1n) is 8.06. The standard InChI is InChI=1S/C17H25N5O2.HI/c1-12(2)16-21-15(24-22-16)9-6-10-19-17(18)20-14-8-5-4-7-13(14)11-23-3;/h4-5,7-8,12H,6,9-11H2,1-3H3,(H3,18,19,20);1H. The highest BCUT2D eigenvalue weighted by atomic mass is 127. The van der Waals surface area contributed by atoms with Crippen LogP contribution < -0.4 is 11.1 Å². The molecule has 0 radical (unpaired) electrons. The van der Waals surface area contributed by atoms with E-state index in [1.54, 1.807) is 7.11 Å². The zero-order valence-corrected chi connectivity index (χ0v) is 17.2. The predicted molar refractivity (Wildman–Crippen MR) is 109 cm³/mol. The highest BCUT2D eigenvalue weighted by Gasteiger charge is 2.09. The largest absolute Gasteiger partial charge is 0.380 e. The molecule has 0 fully saturated rings. The van der Waals surface area contributed by atoms with Crippen molar-refractivity contribution in [2.45, 2.75) is 39.2 Å². The Morgan fingerprint density at radius 2 is 2.12 bits per heavy atom. The first-order valence-corrected chi connectivity index (χ1v) is 8.06. The maximum Gasteiger partial charge on any atom is 0.226 e. The van der Waals surface area contributed by atoms with E-state index in [4.69, 9.17) is 15.0 Å². The number of halogens is 1. The topological polar surface area (TPSA) is 98.6 Å². The summed E-state index contributed by atoms with van der Waals surface area (Å²) in [5.74, 6) is 2.04. The van der Waals surface area contributed by atoms with Crippen LogP contribution in [0.1, 0.15) is 43.5 Å². The third-order valence-corrected chi connectivity index (χ3v) is 3.41. The Kier molecular flexibility index (Phi) is 9.43. The number of hydrogen-bond acceptors (Lipinski definition) is 5. The third-order valence-electron chi connectivity index (χ3n) is 3.41. The van der Waals surface area contributed by atoms with Gasteiger partial charge in [-0.2, -0.15) is 4.98 Å². The van der Waals surface area contributed by atoms with Gasteiger partial charge in [0.25, 0.3) is 0 Å². The number of benzene rings is 1. The second-order valence-electron chi connectivity index (χ2n) is 5.79. The van der Waals surface area contributed by atoms with Crippen LogP contribution in [0.25, 0.3) is 0 Å². The lowest BCUT2D eigenvalue weighted by Crippen LogP contribution is -2.23. The number of nitrogens with two attached hydrogens (primary N) is 1. The highest BCUT2D eigenvalue weighted by molar-refractivity contribution is 14.0. The molecule has 25 heavy (non-hydrogen) atoms. The SMILES string of the molecule is COCc1ccccc1NC(N)=NCCCc1nc(C(C)C)no1.I. The predicted octanol–water partition coefficient (Wildman–Crippen LogP) is 3.32. The van der Waals surface area contributed by atoms with Gasteiger partial charge in [0, 0.05) is 37.2 Å². The Hall–Kier alpha value is -1.68. The van der Waals surface area contributed by atoms with Crippen molar-refractivity contribution < 1.29 is 9.26 Å². The van der Waals surface area contributed by atoms with E-state index in [0.29, 0.717) is 31.4 Å². The number of anilines is 1. The zero-order chi connectivity index (χ0) is 17.4. The number of aliphatic imine (C=N–C) groups is 1. The molecule has 0 saturated heterocycles. The van der Waals surface area contributed by atoms with E-state index >= 15 is 0 Å². The lowest BCUT2D eigenvalue weighted by molar-refractivity contribution is 0.185. The van der Waals surface area contributed by atoms with E-state index in [0.717, 1.165) is 23.5 Å². The maximum atomic E-state index is 5.94. The summed E-state index contributed by atoms with van der Waals surface area (Å²) in [6.07, 6.45) is 1.48. The van der Waals surface area contributed by atoms with E-state index in [1.165, 1.54) is 0 Å². The fraction of sp³-hybridized carbons (Fsp3) is 0.471. The lowest BCUT2D eigenvalue weighted by Gasteiger charge is -2.10. The molecular formula is C17H26IN5O2. The zero-order valence-electron chi connectivity index (χ0n) is 14.9. The third kappa shape index (κ3) is 6.99. The molecular weight excluding hydrogens is 433 g/mol. The van der Waals surface area contributed by atoms with Crippen molar-refractivity contribution in [1.29, 1.82) is 0 Å². The minimum absolute atomic E-state index is 0. The van der Waals surface area contributed by atoms with Gasteiger partial charge in [-0.1, -0.05) is 37.2 Å². The second-order valence-corrected chi connectivity index (χ2v) is 5.79. The average Bonchev–Trinajstić information content (AvgIpc) is 3.03. The first kappa shape index (κ1) is 21.4. The molecule has 1 heterocycles. The summed E-state index contributed by atoms with van der Waals surface area (Å²) < 4.78 is 10.4. The van der Waals surface area contributed by atoms with Crippen molar-refractivity contribution in [2.24, 2.45) is 10.7 Å². The van der Waals surface area contributed by atoms with Crippen molar-refractivity contribution in [3.05, 3.63) is 41.5 Å². The Morgan fingerprint density at radius 3 is 2.80 bits per heavy atom.